The molecule has 0 aliphatic carbocycles. The molecule has 1 aliphatic rings. The number of anilines is 2. The first-order valence-electron chi connectivity index (χ1n) is 7.16. The molecule has 2 rings (SSSR count). The monoisotopic (exact) mass is 330 g/mol. The van der Waals surface area contributed by atoms with Gasteiger partial charge in [-0.3, -0.25) is 0 Å². The summed E-state index contributed by atoms with van der Waals surface area (Å²) in [4.78, 5) is 13.3. The van der Waals surface area contributed by atoms with Crippen molar-refractivity contribution in [3.05, 3.63) is 4.88 Å². The van der Waals surface area contributed by atoms with Crippen LogP contribution in [0.15, 0.2) is 4.90 Å². The molecule has 1 aromatic heterocycles. The van der Waals surface area contributed by atoms with Gasteiger partial charge in [-0.25, -0.2) is 4.79 Å². The molecule has 7 heteroatoms. The summed E-state index contributed by atoms with van der Waals surface area (Å²) in [5, 5.41) is 4.31. The number of nitrogens with one attached hydrogen (secondary N) is 1. The largest absolute Gasteiger partial charge is 0.462 e. The van der Waals surface area contributed by atoms with Crippen LogP contribution in [0.4, 0.5) is 10.7 Å². The third-order valence-corrected chi connectivity index (χ3v) is 5.43. The van der Waals surface area contributed by atoms with Gasteiger partial charge in [0, 0.05) is 13.2 Å². The number of ether oxygens (including phenoxy) is 2. The van der Waals surface area contributed by atoms with Crippen LogP contribution in [0, 0.1) is 0 Å². The first-order chi connectivity index (χ1) is 10.2. The smallest absolute Gasteiger partial charge is 0.350 e. The van der Waals surface area contributed by atoms with Gasteiger partial charge in [0.25, 0.3) is 0 Å². The Morgan fingerprint density at radius 3 is 3.00 bits per heavy atom. The SMILES string of the molecule is CCOC(=O)c1sc(NCC2CCCCO2)c(SC)c1N. The number of rotatable bonds is 6. The van der Waals surface area contributed by atoms with E-state index in [-0.39, 0.29) is 12.1 Å². The van der Waals surface area contributed by atoms with Crippen molar-refractivity contribution in [2.45, 2.75) is 37.2 Å². The number of thioether (sulfide) groups is 1. The number of nitrogens with two attached hydrogens (primary N) is 1. The van der Waals surface area contributed by atoms with Crippen LogP contribution in [0.3, 0.4) is 0 Å². The number of hydrogen-bond acceptors (Lipinski definition) is 7. The molecule has 0 bridgehead atoms. The summed E-state index contributed by atoms with van der Waals surface area (Å²) in [6, 6.07) is 0. The van der Waals surface area contributed by atoms with Crippen molar-refractivity contribution in [3.8, 4) is 0 Å². The molecule has 1 fully saturated rings. The summed E-state index contributed by atoms with van der Waals surface area (Å²) in [5.74, 6) is -0.350. The van der Waals surface area contributed by atoms with Gasteiger partial charge < -0.3 is 20.5 Å². The lowest BCUT2D eigenvalue weighted by atomic mass is 10.1. The van der Waals surface area contributed by atoms with Crippen LogP contribution in [0.5, 0.6) is 0 Å². The zero-order valence-corrected chi connectivity index (χ0v) is 14.1. The molecule has 1 unspecified atom stereocenters. The van der Waals surface area contributed by atoms with Crippen LogP contribution in [-0.4, -0.2) is 38.1 Å². The van der Waals surface area contributed by atoms with E-state index in [0.29, 0.717) is 17.2 Å². The van der Waals surface area contributed by atoms with Gasteiger partial charge in [-0.15, -0.1) is 23.1 Å². The lowest BCUT2D eigenvalue weighted by molar-refractivity contribution is 0.0248. The Hall–Kier alpha value is -0.920. The van der Waals surface area contributed by atoms with Gasteiger partial charge >= 0.3 is 5.97 Å². The van der Waals surface area contributed by atoms with Crippen molar-refractivity contribution in [2.24, 2.45) is 0 Å². The first-order valence-corrected chi connectivity index (χ1v) is 9.20. The second kappa shape index (κ2) is 7.91. The second-order valence-corrected chi connectivity index (χ2v) is 6.63. The molecule has 2 heterocycles. The zero-order chi connectivity index (χ0) is 15.2. The highest BCUT2D eigenvalue weighted by Gasteiger charge is 2.22. The highest BCUT2D eigenvalue weighted by molar-refractivity contribution is 7.99. The van der Waals surface area contributed by atoms with Crippen LogP contribution in [0.25, 0.3) is 0 Å². The summed E-state index contributed by atoms with van der Waals surface area (Å²) in [6.07, 6.45) is 5.62. The molecule has 0 radical (unpaired) electrons. The molecule has 0 spiro atoms. The molecule has 1 aromatic rings. The fourth-order valence-corrected chi connectivity index (χ4v) is 4.21. The highest BCUT2D eigenvalue weighted by Crippen LogP contribution is 2.42. The van der Waals surface area contributed by atoms with E-state index in [9.17, 15) is 4.79 Å². The molecule has 1 atom stereocenters. The number of esters is 1. The molecular weight excluding hydrogens is 308 g/mol. The van der Waals surface area contributed by atoms with Gasteiger partial charge in [0.15, 0.2) is 0 Å². The Bertz CT molecular complexity index is 485. The van der Waals surface area contributed by atoms with E-state index >= 15 is 0 Å². The molecule has 3 N–H and O–H groups in total. The molecule has 1 saturated heterocycles. The maximum absolute atomic E-state index is 11.9. The Kier molecular flexibility index (Phi) is 6.20. The summed E-state index contributed by atoms with van der Waals surface area (Å²) in [5.41, 5.74) is 6.58. The Labute approximate surface area is 133 Å². The average Bonchev–Trinajstić information content (AvgIpc) is 2.82. The van der Waals surface area contributed by atoms with Gasteiger partial charge in [0.2, 0.25) is 0 Å². The minimum atomic E-state index is -0.350. The van der Waals surface area contributed by atoms with Gasteiger partial charge in [-0.05, 0) is 32.4 Å². The summed E-state index contributed by atoms with van der Waals surface area (Å²) >= 11 is 2.90. The van der Waals surface area contributed by atoms with E-state index in [4.69, 9.17) is 15.2 Å². The van der Waals surface area contributed by atoms with Gasteiger partial charge in [0.1, 0.15) is 9.88 Å². The summed E-state index contributed by atoms with van der Waals surface area (Å²) in [6.45, 7) is 3.72. The lowest BCUT2D eigenvalue weighted by Crippen LogP contribution is -2.26. The van der Waals surface area contributed by atoms with Crippen molar-refractivity contribution in [1.29, 1.82) is 0 Å². The van der Waals surface area contributed by atoms with Gasteiger partial charge in [-0.1, -0.05) is 0 Å². The molecule has 0 saturated carbocycles. The minimum absolute atomic E-state index is 0.239. The average molecular weight is 330 g/mol. The maximum atomic E-state index is 11.9. The molecule has 1 aliphatic heterocycles. The van der Waals surface area contributed by atoms with E-state index in [1.807, 2.05) is 6.26 Å². The van der Waals surface area contributed by atoms with Gasteiger partial charge in [0.05, 0.1) is 23.3 Å². The van der Waals surface area contributed by atoms with Gasteiger partial charge in [-0.2, -0.15) is 0 Å². The van der Waals surface area contributed by atoms with E-state index in [2.05, 4.69) is 5.32 Å². The predicted molar refractivity (Wildman–Crippen MR) is 88.5 cm³/mol. The predicted octanol–water partition coefficient (Wildman–Crippen LogP) is 3.21. The number of hydrogen-bond donors (Lipinski definition) is 2. The van der Waals surface area contributed by atoms with Crippen molar-refractivity contribution in [2.75, 3.05) is 37.1 Å². The van der Waals surface area contributed by atoms with Crippen molar-refractivity contribution >= 4 is 39.8 Å². The molecular formula is C14H22N2O3S2. The Balaban J connectivity index is 2.07. The first kappa shape index (κ1) is 16.5. The van der Waals surface area contributed by atoms with E-state index in [1.54, 1.807) is 6.92 Å². The highest BCUT2D eigenvalue weighted by atomic mass is 32.2. The number of thiophene rings is 1. The minimum Gasteiger partial charge on any atom is -0.462 e. The van der Waals surface area contributed by atoms with E-state index in [0.717, 1.165) is 35.9 Å². The van der Waals surface area contributed by atoms with Crippen LogP contribution in [0.2, 0.25) is 0 Å². The van der Waals surface area contributed by atoms with Crippen LogP contribution in [0.1, 0.15) is 35.9 Å². The lowest BCUT2D eigenvalue weighted by Gasteiger charge is -2.23. The third kappa shape index (κ3) is 4.05. The Morgan fingerprint density at radius 2 is 2.38 bits per heavy atom. The fraction of sp³-hybridized carbons (Fsp3) is 0.643. The topological polar surface area (TPSA) is 73.6 Å². The maximum Gasteiger partial charge on any atom is 0.350 e. The second-order valence-electron chi connectivity index (χ2n) is 4.80. The molecule has 21 heavy (non-hydrogen) atoms. The summed E-state index contributed by atoms with van der Waals surface area (Å²) in [7, 11) is 0. The number of carbonyl (C=O) groups excluding carboxylic acids is 1. The number of nitrogen functional groups attached to an aromatic ring is 1. The zero-order valence-electron chi connectivity index (χ0n) is 12.4. The summed E-state index contributed by atoms with van der Waals surface area (Å²) < 4.78 is 10.8. The Morgan fingerprint density at radius 1 is 1.57 bits per heavy atom. The fourth-order valence-electron chi connectivity index (χ4n) is 2.27. The van der Waals surface area contributed by atoms with Crippen molar-refractivity contribution < 1.29 is 14.3 Å². The molecule has 0 amide bonds. The third-order valence-electron chi connectivity index (χ3n) is 3.33. The van der Waals surface area contributed by atoms with E-state index in [1.165, 1.54) is 29.5 Å². The van der Waals surface area contributed by atoms with Crippen molar-refractivity contribution in [3.63, 3.8) is 0 Å². The van der Waals surface area contributed by atoms with Crippen LogP contribution in [-0.2, 0) is 9.47 Å². The molecule has 118 valence electrons. The standard InChI is InChI=1S/C14H22N2O3S2/c1-3-18-14(17)12-10(15)11(20-2)13(21-12)16-8-9-6-4-5-7-19-9/h9,16H,3-8,15H2,1-2H3. The molecule has 0 aromatic carbocycles. The van der Waals surface area contributed by atoms with E-state index < -0.39 is 0 Å². The molecule has 5 nitrogen and oxygen atoms in total. The van der Waals surface area contributed by atoms with Crippen LogP contribution < -0.4 is 11.1 Å². The van der Waals surface area contributed by atoms with Crippen LogP contribution >= 0.6 is 23.1 Å². The normalized spacial score (nSPS) is 18.5. The number of carbonyl (C=O) groups is 1. The quantitative estimate of drug-likeness (QED) is 0.616. The van der Waals surface area contributed by atoms with Crippen molar-refractivity contribution in [1.82, 2.24) is 0 Å².